The molecule has 0 spiro atoms. The molecular formula is C25H24N2O3. The van der Waals surface area contributed by atoms with E-state index in [9.17, 15) is 9.59 Å². The molecule has 1 heterocycles. The third kappa shape index (κ3) is 4.35. The molecule has 152 valence electrons. The van der Waals surface area contributed by atoms with E-state index >= 15 is 0 Å². The number of benzene rings is 3. The third-order valence-corrected chi connectivity index (χ3v) is 5.20. The number of carbonyl (C=O) groups is 2. The Morgan fingerprint density at radius 2 is 1.70 bits per heavy atom. The number of anilines is 1. The lowest BCUT2D eigenvalue weighted by molar-refractivity contribution is -0.127. The Hall–Kier alpha value is -3.60. The van der Waals surface area contributed by atoms with Crippen molar-refractivity contribution >= 4 is 17.5 Å². The number of fused-ring (bicyclic) bond motifs is 1. The molecule has 3 aromatic carbocycles. The van der Waals surface area contributed by atoms with Crippen molar-refractivity contribution < 1.29 is 14.3 Å². The van der Waals surface area contributed by atoms with Crippen molar-refractivity contribution in [2.45, 2.75) is 26.0 Å². The van der Waals surface area contributed by atoms with Gasteiger partial charge in [0, 0.05) is 24.3 Å². The van der Waals surface area contributed by atoms with Crippen LogP contribution in [0.1, 0.15) is 28.4 Å². The number of ether oxygens (including phenoxy) is 1. The van der Waals surface area contributed by atoms with E-state index in [1.54, 1.807) is 6.92 Å². The normalized spacial score (nSPS) is 13.4. The fourth-order valence-electron chi connectivity index (χ4n) is 3.60. The lowest BCUT2D eigenvalue weighted by Crippen LogP contribution is -2.35. The third-order valence-electron chi connectivity index (χ3n) is 5.20. The Labute approximate surface area is 176 Å². The van der Waals surface area contributed by atoms with E-state index < -0.39 is 6.10 Å². The van der Waals surface area contributed by atoms with Gasteiger partial charge in [0.1, 0.15) is 5.75 Å². The number of para-hydroxylation sites is 1. The zero-order chi connectivity index (χ0) is 20.9. The quantitative estimate of drug-likeness (QED) is 0.681. The largest absolute Gasteiger partial charge is 0.481 e. The summed E-state index contributed by atoms with van der Waals surface area (Å²) in [5.74, 6) is 0.517. The number of hydrogen-bond acceptors (Lipinski definition) is 3. The van der Waals surface area contributed by atoms with E-state index in [4.69, 9.17) is 4.74 Å². The molecule has 0 saturated carbocycles. The van der Waals surface area contributed by atoms with E-state index in [-0.39, 0.29) is 11.8 Å². The molecule has 0 saturated heterocycles. The van der Waals surface area contributed by atoms with Gasteiger partial charge in [-0.25, -0.2) is 0 Å². The van der Waals surface area contributed by atoms with Crippen molar-refractivity contribution in [1.82, 2.24) is 5.32 Å². The van der Waals surface area contributed by atoms with Crippen LogP contribution in [0.5, 0.6) is 5.75 Å². The fraction of sp³-hybridized carbons (Fsp3) is 0.200. The second-order valence-corrected chi connectivity index (χ2v) is 7.33. The van der Waals surface area contributed by atoms with Crippen molar-refractivity contribution in [1.29, 1.82) is 0 Å². The molecule has 1 aliphatic rings. The summed E-state index contributed by atoms with van der Waals surface area (Å²) in [4.78, 5) is 27.0. The molecule has 0 aromatic heterocycles. The highest BCUT2D eigenvalue weighted by atomic mass is 16.5. The maximum Gasteiger partial charge on any atom is 0.261 e. The summed E-state index contributed by atoms with van der Waals surface area (Å²) < 4.78 is 5.66. The zero-order valence-electron chi connectivity index (χ0n) is 16.9. The Kier molecular flexibility index (Phi) is 5.80. The van der Waals surface area contributed by atoms with E-state index in [1.165, 1.54) is 0 Å². The van der Waals surface area contributed by atoms with Crippen molar-refractivity contribution in [2.24, 2.45) is 0 Å². The van der Waals surface area contributed by atoms with Gasteiger partial charge in [0.15, 0.2) is 6.10 Å². The van der Waals surface area contributed by atoms with Crippen LogP contribution in [-0.4, -0.2) is 24.5 Å². The van der Waals surface area contributed by atoms with Crippen LogP contribution in [0, 0.1) is 0 Å². The van der Waals surface area contributed by atoms with E-state index in [0.29, 0.717) is 24.4 Å². The monoisotopic (exact) mass is 400 g/mol. The minimum absolute atomic E-state index is 0.0160. The number of nitrogens with one attached hydrogen (secondary N) is 1. The summed E-state index contributed by atoms with van der Waals surface area (Å²) >= 11 is 0. The van der Waals surface area contributed by atoms with Gasteiger partial charge >= 0.3 is 0 Å². The number of carbonyl (C=O) groups excluding carboxylic acids is 2. The van der Waals surface area contributed by atoms with E-state index in [0.717, 1.165) is 23.2 Å². The van der Waals surface area contributed by atoms with Gasteiger partial charge in [0.25, 0.3) is 11.8 Å². The van der Waals surface area contributed by atoms with Crippen LogP contribution in [-0.2, 0) is 17.8 Å². The molecule has 1 atom stereocenters. The molecule has 1 N–H and O–H groups in total. The predicted octanol–water partition coefficient (Wildman–Crippen LogP) is 3.97. The minimum Gasteiger partial charge on any atom is -0.481 e. The SMILES string of the molecule is CC(Oc1ccccc1)C(=O)NCc1ccc2c(c1)CCN2C(=O)c1ccccc1. The van der Waals surface area contributed by atoms with Crippen molar-refractivity contribution in [2.75, 3.05) is 11.4 Å². The van der Waals surface area contributed by atoms with Gasteiger partial charge in [-0.15, -0.1) is 0 Å². The maximum absolute atomic E-state index is 12.8. The fourth-order valence-corrected chi connectivity index (χ4v) is 3.60. The standard InChI is InChI=1S/C25H24N2O3/c1-18(30-22-10-6-3-7-11-22)24(28)26-17-19-12-13-23-21(16-19)14-15-27(23)25(29)20-8-4-2-5-9-20/h2-13,16,18H,14-15,17H2,1H3,(H,26,28). The van der Waals surface area contributed by atoms with Crippen LogP contribution in [0.15, 0.2) is 78.9 Å². The first-order valence-corrected chi connectivity index (χ1v) is 10.1. The second-order valence-electron chi connectivity index (χ2n) is 7.33. The summed E-state index contributed by atoms with van der Waals surface area (Å²) in [7, 11) is 0. The van der Waals surface area contributed by atoms with Gasteiger partial charge in [-0.3, -0.25) is 9.59 Å². The topological polar surface area (TPSA) is 58.6 Å². The average molecular weight is 400 g/mol. The minimum atomic E-state index is -0.583. The summed E-state index contributed by atoms with van der Waals surface area (Å²) in [5.41, 5.74) is 3.76. The molecule has 2 amide bonds. The maximum atomic E-state index is 12.8. The molecule has 3 aromatic rings. The average Bonchev–Trinajstić information content (AvgIpc) is 3.21. The first-order valence-electron chi connectivity index (χ1n) is 10.1. The van der Waals surface area contributed by atoms with Crippen LogP contribution in [0.3, 0.4) is 0 Å². The van der Waals surface area contributed by atoms with Gasteiger partial charge < -0.3 is 15.0 Å². The molecule has 0 aliphatic carbocycles. The highest BCUT2D eigenvalue weighted by molar-refractivity contribution is 6.07. The molecular weight excluding hydrogens is 376 g/mol. The Morgan fingerprint density at radius 1 is 1.00 bits per heavy atom. The lowest BCUT2D eigenvalue weighted by Gasteiger charge is -2.18. The molecule has 5 nitrogen and oxygen atoms in total. The van der Waals surface area contributed by atoms with Crippen molar-refractivity contribution in [3.05, 3.63) is 95.6 Å². The lowest BCUT2D eigenvalue weighted by atomic mass is 10.1. The van der Waals surface area contributed by atoms with E-state index in [2.05, 4.69) is 11.4 Å². The molecule has 1 unspecified atom stereocenters. The highest BCUT2D eigenvalue weighted by Gasteiger charge is 2.25. The van der Waals surface area contributed by atoms with Gasteiger partial charge in [-0.2, -0.15) is 0 Å². The van der Waals surface area contributed by atoms with Crippen LogP contribution in [0.25, 0.3) is 0 Å². The summed E-state index contributed by atoms with van der Waals surface area (Å²) in [6.45, 7) is 2.82. The smallest absolute Gasteiger partial charge is 0.261 e. The van der Waals surface area contributed by atoms with Gasteiger partial charge in [0.2, 0.25) is 0 Å². The molecule has 0 fully saturated rings. The van der Waals surface area contributed by atoms with Gasteiger partial charge in [-0.05, 0) is 54.8 Å². The van der Waals surface area contributed by atoms with Gasteiger partial charge in [-0.1, -0.05) is 48.5 Å². The first kappa shape index (κ1) is 19.7. The zero-order valence-corrected chi connectivity index (χ0v) is 16.9. The molecule has 1 aliphatic heterocycles. The number of hydrogen-bond donors (Lipinski definition) is 1. The highest BCUT2D eigenvalue weighted by Crippen LogP contribution is 2.30. The van der Waals surface area contributed by atoms with Crippen LogP contribution < -0.4 is 15.0 Å². The van der Waals surface area contributed by atoms with Crippen molar-refractivity contribution in [3.8, 4) is 5.75 Å². The van der Waals surface area contributed by atoms with Crippen LogP contribution >= 0.6 is 0 Å². The summed E-state index contributed by atoms with van der Waals surface area (Å²) in [5, 5.41) is 2.93. The molecule has 4 rings (SSSR count). The summed E-state index contributed by atoms with van der Waals surface area (Å²) in [6, 6.07) is 24.6. The van der Waals surface area contributed by atoms with Gasteiger partial charge in [0.05, 0.1) is 0 Å². The second kappa shape index (κ2) is 8.82. The molecule has 0 radical (unpaired) electrons. The van der Waals surface area contributed by atoms with Crippen LogP contribution in [0.4, 0.5) is 5.69 Å². The van der Waals surface area contributed by atoms with E-state index in [1.807, 2.05) is 77.7 Å². The molecule has 30 heavy (non-hydrogen) atoms. The Morgan fingerprint density at radius 3 is 2.43 bits per heavy atom. The first-order chi connectivity index (χ1) is 14.6. The number of amides is 2. The molecule has 0 bridgehead atoms. The summed E-state index contributed by atoms with van der Waals surface area (Å²) in [6.07, 6.45) is 0.226. The predicted molar refractivity (Wildman–Crippen MR) is 117 cm³/mol. The Bertz CT molecular complexity index is 1030. The van der Waals surface area contributed by atoms with Crippen molar-refractivity contribution in [3.63, 3.8) is 0 Å². The molecule has 5 heteroatoms. The van der Waals surface area contributed by atoms with Crippen LogP contribution in [0.2, 0.25) is 0 Å². The Balaban J connectivity index is 1.37. The number of rotatable bonds is 6. The number of nitrogens with zero attached hydrogens (tertiary/aromatic N) is 1.